The van der Waals surface area contributed by atoms with Crippen molar-refractivity contribution in [1.82, 2.24) is 5.32 Å². The molecular weight excluding hydrogens is 230 g/mol. The molecule has 4 heteroatoms. The van der Waals surface area contributed by atoms with Gasteiger partial charge in [0.2, 0.25) is 0 Å². The van der Waals surface area contributed by atoms with Crippen LogP contribution < -0.4 is 10.1 Å². The van der Waals surface area contributed by atoms with Gasteiger partial charge in [-0.05, 0) is 37.6 Å². The first kappa shape index (κ1) is 14.5. The predicted molar refractivity (Wildman–Crippen MR) is 70.8 cm³/mol. The van der Waals surface area contributed by atoms with E-state index in [0.717, 1.165) is 25.3 Å². The number of rotatable bonds is 8. The molecule has 100 valence electrons. The summed E-state index contributed by atoms with van der Waals surface area (Å²) < 4.78 is 10.1. The summed E-state index contributed by atoms with van der Waals surface area (Å²) in [6.07, 6.45) is 1.25. The quantitative estimate of drug-likeness (QED) is 0.566. The van der Waals surface area contributed by atoms with E-state index in [4.69, 9.17) is 4.74 Å². The van der Waals surface area contributed by atoms with Crippen molar-refractivity contribution in [3.63, 3.8) is 0 Å². The molecule has 4 nitrogen and oxygen atoms in total. The summed E-state index contributed by atoms with van der Waals surface area (Å²) in [6, 6.07) is 7.98. The number of nitrogens with one attached hydrogen (secondary N) is 1. The Morgan fingerprint density at radius 3 is 2.89 bits per heavy atom. The molecule has 0 spiro atoms. The highest BCUT2D eigenvalue weighted by Gasteiger charge is 1.98. The highest BCUT2D eigenvalue weighted by atomic mass is 16.5. The molecule has 0 aromatic heterocycles. The first-order valence-corrected chi connectivity index (χ1v) is 6.19. The van der Waals surface area contributed by atoms with Crippen molar-refractivity contribution >= 4 is 5.97 Å². The third-order valence-electron chi connectivity index (χ3n) is 2.50. The molecule has 18 heavy (non-hydrogen) atoms. The number of aryl methyl sites for hydroxylation is 1. The molecule has 1 rings (SSSR count). The number of carbonyl (C=O) groups is 1. The SMILES string of the molecule is COC(=O)CCCNCCOc1cccc(C)c1. The van der Waals surface area contributed by atoms with Gasteiger partial charge in [-0.2, -0.15) is 0 Å². The van der Waals surface area contributed by atoms with Crippen molar-refractivity contribution in [2.45, 2.75) is 19.8 Å². The summed E-state index contributed by atoms with van der Waals surface area (Å²) in [5, 5.41) is 3.22. The van der Waals surface area contributed by atoms with Crippen LogP contribution in [0.4, 0.5) is 0 Å². The highest BCUT2D eigenvalue weighted by Crippen LogP contribution is 2.11. The van der Waals surface area contributed by atoms with E-state index < -0.39 is 0 Å². The van der Waals surface area contributed by atoms with Gasteiger partial charge < -0.3 is 14.8 Å². The lowest BCUT2D eigenvalue weighted by Crippen LogP contribution is -2.22. The van der Waals surface area contributed by atoms with E-state index in [0.29, 0.717) is 13.0 Å². The molecule has 0 aliphatic carbocycles. The van der Waals surface area contributed by atoms with Crippen LogP contribution in [0.3, 0.4) is 0 Å². The van der Waals surface area contributed by atoms with Crippen molar-refractivity contribution in [2.75, 3.05) is 26.8 Å². The average molecular weight is 251 g/mol. The zero-order chi connectivity index (χ0) is 13.2. The van der Waals surface area contributed by atoms with Gasteiger partial charge in [0.1, 0.15) is 12.4 Å². The van der Waals surface area contributed by atoms with Gasteiger partial charge >= 0.3 is 5.97 Å². The number of hydrogen-bond donors (Lipinski definition) is 1. The molecule has 0 heterocycles. The van der Waals surface area contributed by atoms with E-state index in [1.165, 1.54) is 12.7 Å². The Bertz CT molecular complexity index is 366. The van der Waals surface area contributed by atoms with Crippen LogP contribution in [0.2, 0.25) is 0 Å². The molecule has 0 amide bonds. The van der Waals surface area contributed by atoms with Crippen LogP contribution >= 0.6 is 0 Å². The summed E-state index contributed by atoms with van der Waals surface area (Å²) in [5.74, 6) is 0.735. The Morgan fingerprint density at radius 1 is 1.33 bits per heavy atom. The van der Waals surface area contributed by atoms with Crippen molar-refractivity contribution in [3.05, 3.63) is 29.8 Å². The molecule has 1 aromatic carbocycles. The number of carbonyl (C=O) groups excluding carboxylic acids is 1. The molecule has 0 atom stereocenters. The van der Waals surface area contributed by atoms with Crippen LogP contribution in [0.15, 0.2) is 24.3 Å². The summed E-state index contributed by atoms with van der Waals surface area (Å²) in [5.41, 5.74) is 1.19. The fourth-order valence-electron chi connectivity index (χ4n) is 1.53. The minimum atomic E-state index is -0.159. The lowest BCUT2D eigenvalue weighted by molar-refractivity contribution is -0.140. The third kappa shape index (κ3) is 6.25. The molecule has 0 saturated carbocycles. The monoisotopic (exact) mass is 251 g/mol. The summed E-state index contributed by atoms with van der Waals surface area (Å²) >= 11 is 0. The number of ether oxygens (including phenoxy) is 2. The first-order chi connectivity index (χ1) is 8.72. The van der Waals surface area contributed by atoms with E-state index in [2.05, 4.69) is 10.1 Å². The summed E-state index contributed by atoms with van der Waals surface area (Å²) in [4.78, 5) is 10.8. The van der Waals surface area contributed by atoms with Gasteiger partial charge in [-0.25, -0.2) is 0 Å². The maximum atomic E-state index is 10.8. The second kappa shape index (κ2) is 8.53. The minimum absolute atomic E-state index is 0.159. The normalized spacial score (nSPS) is 10.1. The molecule has 0 saturated heterocycles. The molecule has 0 radical (unpaired) electrons. The number of esters is 1. The molecule has 0 aliphatic rings. The Labute approximate surface area is 108 Å². The zero-order valence-corrected chi connectivity index (χ0v) is 11.1. The molecular formula is C14H21NO3. The standard InChI is InChI=1S/C14H21NO3/c1-12-5-3-6-13(11-12)18-10-9-15-8-4-7-14(16)17-2/h3,5-6,11,15H,4,7-10H2,1-2H3. The Kier molecular flexibility index (Phi) is 6.87. The van der Waals surface area contributed by atoms with E-state index >= 15 is 0 Å². The molecule has 0 unspecified atom stereocenters. The van der Waals surface area contributed by atoms with Gasteiger partial charge in [-0.1, -0.05) is 12.1 Å². The van der Waals surface area contributed by atoms with Crippen molar-refractivity contribution in [2.24, 2.45) is 0 Å². The molecule has 0 fully saturated rings. The highest BCUT2D eigenvalue weighted by molar-refractivity contribution is 5.69. The van der Waals surface area contributed by atoms with Crippen LogP contribution in [0.5, 0.6) is 5.75 Å². The van der Waals surface area contributed by atoms with Gasteiger partial charge in [0.25, 0.3) is 0 Å². The average Bonchev–Trinajstić information content (AvgIpc) is 2.37. The fraction of sp³-hybridized carbons (Fsp3) is 0.500. The van der Waals surface area contributed by atoms with Crippen LogP contribution in [0.25, 0.3) is 0 Å². The van der Waals surface area contributed by atoms with Crippen molar-refractivity contribution in [3.8, 4) is 5.75 Å². The van der Waals surface area contributed by atoms with Gasteiger partial charge in [0.05, 0.1) is 7.11 Å². The number of hydrogen-bond acceptors (Lipinski definition) is 4. The maximum absolute atomic E-state index is 10.8. The largest absolute Gasteiger partial charge is 0.492 e. The van der Waals surface area contributed by atoms with E-state index in [1.807, 2.05) is 31.2 Å². The number of benzene rings is 1. The van der Waals surface area contributed by atoms with Crippen LogP contribution in [-0.2, 0) is 9.53 Å². The Hall–Kier alpha value is -1.55. The number of methoxy groups -OCH3 is 1. The smallest absolute Gasteiger partial charge is 0.305 e. The van der Waals surface area contributed by atoms with Gasteiger partial charge in [0.15, 0.2) is 0 Å². The second-order valence-electron chi connectivity index (χ2n) is 4.09. The van der Waals surface area contributed by atoms with Gasteiger partial charge in [0, 0.05) is 13.0 Å². The van der Waals surface area contributed by atoms with Crippen molar-refractivity contribution < 1.29 is 14.3 Å². The molecule has 1 N–H and O–H groups in total. The zero-order valence-electron chi connectivity index (χ0n) is 11.1. The second-order valence-corrected chi connectivity index (χ2v) is 4.09. The third-order valence-corrected chi connectivity index (χ3v) is 2.50. The topological polar surface area (TPSA) is 47.6 Å². The Balaban J connectivity index is 2.00. The van der Waals surface area contributed by atoms with E-state index in [-0.39, 0.29) is 5.97 Å². The maximum Gasteiger partial charge on any atom is 0.305 e. The summed E-state index contributed by atoms with van der Waals surface area (Å²) in [7, 11) is 1.41. The predicted octanol–water partition coefficient (Wildman–Crippen LogP) is 1.92. The van der Waals surface area contributed by atoms with Crippen LogP contribution in [-0.4, -0.2) is 32.8 Å². The van der Waals surface area contributed by atoms with Crippen molar-refractivity contribution in [1.29, 1.82) is 0 Å². The van der Waals surface area contributed by atoms with Crippen LogP contribution in [0.1, 0.15) is 18.4 Å². The molecule has 1 aromatic rings. The van der Waals surface area contributed by atoms with E-state index in [1.54, 1.807) is 0 Å². The minimum Gasteiger partial charge on any atom is -0.492 e. The van der Waals surface area contributed by atoms with Gasteiger partial charge in [-0.3, -0.25) is 4.79 Å². The van der Waals surface area contributed by atoms with Crippen LogP contribution in [0, 0.1) is 6.92 Å². The Morgan fingerprint density at radius 2 is 2.17 bits per heavy atom. The molecule has 0 bridgehead atoms. The molecule has 0 aliphatic heterocycles. The van der Waals surface area contributed by atoms with Gasteiger partial charge in [-0.15, -0.1) is 0 Å². The lowest BCUT2D eigenvalue weighted by Gasteiger charge is -2.07. The van der Waals surface area contributed by atoms with E-state index in [9.17, 15) is 4.79 Å². The lowest BCUT2D eigenvalue weighted by atomic mass is 10.2. The summed E-state index contributed by atoms with van der Waals surface area (Å²) in [6.45, 7) is 4.24. The first-order valence-electron chi connectivity index (χ1n) is 6.19. The fourth-order valence-corrected chi connectivity index (χ4v) is 1.53.